The normalized spacial score (nSPS) is 13.2. The lowest BCUT2D eigenvalue weighted by atomic mass is 9.95. The average molecular weight is 248 g/mol. The molecular weight excluding hydrogens is 224 g/mol. The van der Waals surface area contributed by atoms with Crippen molar-refractivity contribution >= 4 is 5.97 Å². The van der Waals surface area contributed by atoms with Gasteiger partial charge in [-0.1, -0.05) is 26.0 Å². The van der Waals surface area contributed by atoms with E-state index in [1.807, 2.05) is 39.8 Å². The second kappa shape index (κ2) is 5.55. The molecule has 0 aliphatic rings. The lowest BCUT2D eigenvalue weighted by Gasteiger charge is -2.20. The maximum atomic E-state index is 12.0. The van der Waals surface area contributed by atoms with E-state index in [0.29, 0.717) is 11.5 Å². The van der Waals surface area contributed by atoms with Gasteiger partial charge in [0.1, 0.15) is 5.60 Å². The minimum absolute atomic E-state index is 0.240. The van der Waals surface area contributed by atoms with Crippen molar-refractivity contribution in [2.75, 3.05) is 0 Å². The van der Waals surface area contributed by atoms with Crippen LogP contribution in [0.4, 0.5) is 0 Å². The number of benzene rings is 1. The Hall–Kier alpha value is -1.31. The minimum atomic E-state index is -0.446. The summed E-state index contributed by atoms with van der Waals surface area (Å²) in [7, 11) is 0. The summed E-state index contributed by atoms with van der Waals surface area (Å²) < 4.78 is 5.39. The summed E-state index contributed by atoms with van der Waals surface area (Å²) >= 11 is 0. The van der Waals surface area contributed by atoms with E-state index in [1.54, 1.807) is 0 Å². The van der Waals surface area contributed by atoms with Crippen LogP contribution < -0.4 is 0 Å². The summed E-state index contributed by atoms with van der Waals surface area (Å²) in [5.74, 6) is 0.284. The van der Waals surface area contributed by atoms with Gasteiger partial charge < -0.3 is 4.74 Å². The molecule has 1 aromatic carbocycles. The fraction of sp³-hybridized carbons (Fsp3) is 0.562. The van der Waals surface area contributed by atoms with Crippen LogP contribution in [0.5, 0.6) is 0 Å². The van der Waals surface area contributed by atoms with E-state index in [9.17, 15) is 4.79 Å². The molecule has 0 aliphatic heterocycles. The van der Waals surface area contributed by atoms with Gasteiger partial charge >= 0.3 is 5.97 Å². The van der Waals surface area contributed by atoms with Crippen molar-refractivity contribution in [3.63, 3.8) is 0 Å². The first-order chi connectivity index (χ1) is 8.24. The number of hydrogen-bond acceptors (Lipinski definition) is 2. The van der Waals surface area contributed by atoms with E-state index in [4.69, 9.17) is 4.74 Å². The number of ether oxygens (including phenoxy) is 1. The topological polar surface area (TPSA) is 26.3 Å². The molecule has 18 heavy (non-hydrogen) atoms. The first-order valence-electron chi connectivity index (χ1n) is 6.58. The summed E-state index contributed by atoms with van der Waals surface area (Å²) in [5.41, 5.74) is 2.49. The van der Waals surface area contributed by atoms with Crippen LogP contribution in [0.3, 0.4) is 0 Å². The standard InChI is InChI=1S/C16H24O2/c1-7-11(2)13-8-9-14(12(3)10-13)15(17)18-16(4,5)6/h8-11H,7H2,1-6H3. The summed E-state index contributed by atoms with van der Waals surface area (Å²) in [6.07, 6.45) is 1.10. The van der Waals surface area contributed by atoms with Crippen molar-refractivity contribution in [3.05, 3.63) is 34.9 Å². The third-order valence-corrected chi connectivity index (χ3v) is 3.05. The van der Waals surface area contributed by atoms with Crippen LogP contribution >= 0.6 is 0 Å². The van der Waals surface area contributed by atoms with Crippen molar-refractivity contribution in [2.24, 2.45) is 0 Å². The molecular formula is C16H24O2. The Morgan fingerprint density at radius 1 is 1.33 bits per heavy atom. The Morgan fingerprint density at radius 3 is 2.39 bits per heavy atom. The highest BCUT2D eigenvalue weighted by Crippen LogP contribution is 2.22. The first-order valence-corrected chi connectivity index (χ1v) is 6.58. The van der Waals surface area contributed by atoms with E-state index in [2.05, 4.69) is 19.9 Å². The summed E-state index contributed by atoms with van der Waals surface area (Å²) in [6.45, 7) is 12.0. The van der Waals surface area contributed by atoms with Gasteiger partial charge in [0.15, 0.2) is 0 Å². The summed E-state index contributed by atoms with van der Waals surface area (Å²) in [4.78, 5) is 12.0. The molecule has 1 rings (SSSR count). The van der Waals surface area contributed by atoms with Gasteiger partial charge in [-0.05, 0) is 57.2 Å². The molecule has 0 bridgehead atoms. The molecule has 0 heterocycles. The van der Waals surface area contributed by atoms with E-state index in [1.165, 1.54) is 5.56 Å². The molecule has 0 spiro atoms. The quantitative estimate of drug-likeness (QED) is 0.738. The molecule has 2 heteroatoms. The molecule has 0 aromatic heterocycles. The Bertz CT molecular complexity index is 427. The molecule has 1 atom stereocenters. The molecule has 0 radical (unpaired) electrons. The Kier molecular flexibility index (Phi) is 4.55. The second-order valence-electron chi connectivity index (χ2n) is 5.89. The molecule has 0 amide bonds. The maximum Gasteiger partial charge on any atom is 0.338 e. The van der Waals surface area contributed by atoms with Crippen LogP contribution in [0.15, 0.2) is 18.2 Å². The van der Waals surface area contributed by atoms with Gasteiger partial charge in [-0.25, -0.2) is 4.79 Å². The largest absolute Gasteiger partial charge is 0.456 e. The third-order valence-electron chi connectivity index (χ3n) is 3.05. The predicted molar refractivity (Wildman–Crippen MR) is 75.1 cm³/mol. The van der Waals surface area contributed by atoms with Gasteiger partial charge in [-0.2, -0.15) is 0 Å². The fourth-order valence-corrected chi connectivity index (χ4v) is 1.79. The van der Waals surface area contributed by atoms with E-state index < -0.39 is 5.60 Å². The molecule has 0 saturated carbocycles. The van der Waals surface area contributed by atoms with Crippen molar-refractivity contribution in [3.8, 4) is 0 Å². The highest BCUT2D eigenvalue weighted by Gasteiger charge is 2.19. The number of carbonyl (C=O) groups excluding carboxylic acids is 1. The number of aryl methyl sites for hydroxylation is 1. The van der Waals surface area contributed by atoms with Crippen LogP contribution in [-0.4, -0.2) is 11.6 Å². The molecule has 2 nitrogen and oxygen atoms in total. The SMILES string of the molecule is CCC(C)c1ccc(C(=O)OC(C)(C)C)c(C)c1. The van der Waals surface area contributed by atoms with E-state index in [-0.39, 0.29) is 5.97 Å². The maximum absolute atomic E-state index is 12.0. The number of rotatable bonds is 3. The zero-order valence-electron chi connectivity index (χ0n) is 12.3. The van der Waals surface area contributed by atoms with Crippen LogP contribution in [0, 0.1) is 6.92 Å². The third kappa shape index (κ3) is 3.86. The molecule has 0 fully saturated rings. The van der Waals surface area contributed by atoms with E-state index in [0.717, 1.165) is 12.0 Å². The van der Waals surface area contributed by atoms with Gasteiger partial charge in [0.25, 0.3) is 0 Å². The van der Waals surface area contributed by atoms with Gasteiger partial charge in [-0.3, -0.25) is 0 Å². The van der Waals surface area contributed by atoms with Crippen LogP contribution in [0.1, 0.15) is 68.4 Å². The van der Waals surface area contributed by atoms with Crippen molar-refractivity contribution in [2.45, 2.75) is 59.5 Å². The van der Waals surface area contributed by atoms with Gasteiger partial charge in [0, 0.05) is 0 Å². The number of carbonyl (C=O) groups is 1. The highest BCUT2D eigenvalue weighted by atomic mass is 16.6. The number of hydrogen-bond donors (Lipinski definition) is 0. The van der Waals surface area contributed by atoms with E-state index >= 15 is 0 Å². The fourth-order valence-electron chi connectivity index (χ4n) is 1.79. The Morgan fingerprint density at radius 2 is 1.94 bits per heavy atom. The number of esters is 1. The molecule has 100 valence electrons. The minimum Gasteiger partial charge on any atom is -0.456 e. The average Bonchev–Trinajstić information content (AvgIpc) is 2.25. The first kappa shape index (κ1) is 14.7. The molecule has 0 aliphatic carbocycles. The molecule has 1 aromatic rings. The second-order valence-corrected chi connectivity index (χ2v) is 5.89. The van der Waals surface area contributed by atoms with Crippen LogP contribution in [0.2, 0.25) is 0 Å². The zero-order valence-corrected chi connectivity index (χ0v) is 12.3. The molecule has 1 unspecified atom stereocenters. The van der Waals surface area contributed by atoms with Gasteiger partial charge in [-0.15, -0.1) is 0 Å². The molecule has 0 N–H and O–H groups in total. The smallest absolute Gasteiger partial charge is 0.338 e. The van der Waals surface area contributed by atoms with Gasteiger partial charge in [0.2, 0.25) is 0 Å². The highest BCUT2D eigenvalue weighted by molar-refractivity contribution is 5.91. The Balaban J connectivity index is 2.96. The van der Waals surface area contributed by atoms with Crippen molar-refractivity contribution in [1.82, 2.24) is 0 Å². The van der Waals surface area contributed by atoms with Gasteiger partial charge in [0.05, 0.1) is 5.56 Å². The van der Waals surface area contributed by atoms with Crippen LogP contribution in [0.25, 0.3) is 0 Å². The summed E-state index contributed by atoms with van der Waals surface area (Å²) in [6, 6.07) is 6.00. The molecule has 0 saturated heterocycles. The van der Waals surface area contributed by atoms with Crippen molar-refractivity contribution < 1.29 is 9.53 Å². The Labute approximate surface area is 110 Å². The lowest BCUT2D eigenvalue weighted by molar-refractivity contribution is 0.00687. The monoisotopic (exact) mass is 248 g/mol. The van der Waals surface area contributed by atoms with Crippen LogP contribution in [-0.2, 0) is 4.74 Å². The lowest BCUT2D eigenvalue weighted by Crippen LogP contribution is -2.24. The predicted octanol–water partition coefficient (Wildman–Crippen LogP) is 4.46. The van der Waals surface area contributed by atoms with Crippen molar-refractivity contribution in [1.29, 1.82) is 0 Å². The zero-order chi connectivity index (χ0) is 13.9. The summed E-state index contributed by atoms with van der Waals surface area (Å²) in [5, 5.41) is 0.